The second kappa shape index (κ2) is 8.13. The van der Waals surface area contributed by atoms with E-state index in [1.807, 2.05) is 24.1 Å². The van der Waals surface area contributed by atoms with Crippen LogP contribution in [0, 0.1) is 11.3 Å². The number of nitrogens with zero attached hydrogens (tertiary/aromatic N) is 2. The molecule has 0 aromatic heterocycles. The number of likely N-dealkylation sites (N-methyl/N-ethyl adjacent to an activating group) is 1. The lowest BCUT2D eigenvalue weighted by Gasteiger charge is -2.26. The molecular formula is C20H29N3O. The molecule has 1 unspecified atom stereocenters. The Hall–Kier alpha value is -2.10. The number of aryl methyl sites for hydroxylation is 1. The minimum absolute atomic E-state index is 0.0180. The van der Waals surface area contributed by atoms with Crippen molar-refractivity contribution in [3.05, 3.63) is 46.7 Å². The molecule has 1 aliphatic rings. The number of carbonyl (C=O) groups excluding carboxylic acids is 1. The Morgan fingerprint density at radius 2 is 1.88 bits per heavy atom. The Labute approximate surface area is 145 Å². The van der Waals surface area contributed by atoms with Gasteiger partial charge in [0.1, 0.15) is 0 Å². The molecule has 0 aliphatic carbocycles. The first-order chi connectivity index (χ1) is 11.5. The van der Waals surface area contributed by atoms with Crippen molar-refractivity contribution in [1.82, 2.24) is 9.80 Å². The van der Waals surface area contributed by atoms with E-state index in [0.29, 0.717) is 18.7 Å². The molecule has 0 fully saturated rings. The number of amides is 1. The van der Waals surface area contributed by atoms with E-state index in [1.165, 1.54) is 17.3 Å². The van der Waals surface area contributed by atoms with Gasteiger partial charge in [0.15, 0.2) is 0 Å². The number of benzene rings is 1. The Morgan fingerprint density at radius 1 is 1.21 bits per heavy atom. The van der Waals surface area contributed by atoms with Crippen LogP contribution in [0.15, 0.2) is 35.5 Å². The third-order valence-corrected chi connectivity index (χ3v) is 4.99. The van der Waals surface area contributed by atoms with Crippen LogP contribution in [0.25, 0.3) is 0 Å². The number of hydrogen-bond donors (Lipinski definition) is 1. The molecule has 130 valence electrons. The van der Waals surface area contributed by atoms with Crippen molar-refractivity contribution in [2.75, 3.05) is 20.1 Å². The fourth-order valence-corrected chi connectivity index (χ4v) is 3.36. The zero-order valence-electron chi connectivity index (χ0n) is 15.3. The van der Waals surface area contributed by atoms with Crippen LogP contribution < -0.4 is 0 Å². The minimum atomic E-state index is -0.0180. The van der Waals surface area contributed by atoms with Gasteiger partial charge in [-0.15, -0.1) is 0 Å². The van der Waals surface area contributed by atoms with Crippen molar-refractivity contribution in [1.29, 1.82) is 5.41 Å². The molecular weight excluding hydrogens is 298 g/mol. The third kappa shape index (κ3) is 3.69. The van der Waals surface area contributed by atoms with Crippen molar-refractivity contribution in [3.8, 4) is 0 Å². The SMILES string of the molecule is CCc1ccccc1CN1CCN(C)C(C(C)CC)=C(C=N)C1=O. The molecule has 2 rings (SSSR count). The van der Waals surface area contributed by atoms with Crippen LogP contribution in [0.4, 0.5) is 0 Å². The smallest absolute Gasteiger partial charge is 0.257 e. The van der Waals surface area contributed by atoms with Crippen LogP contribution in [0.1, 0.15) is 38.3 Å². The Morgan fingerprint density at radius 3 is 2.46 bits per heavy atom. The molecule has 1 amide bonds. The van der Waals surface area contributed by atoms with E-state index in [9.17, 15) is 4.79 Å². The number of allylic oxidation sites excluding steroid dienone is 1. The van der Waals surface area contributed by atoms with Gasteiger partial charge >= 0.3 is 0 Å². The van der Waals surface area contributed by atoms with Gasteiger partial charge in [-0.2, -0.15) is 0 Å². The van der Waals surface area contributed by atoms with Gasteiger partial charge < -0.3 is 15.2 Å². The van der Waals surface area contributed by atoms with Crippen LogP contribution in [-0.4, -0.2) is 42.1 Å². The van der Waals surface area contributed by atoms with E-state index in [4.69, 9.17) is 5.41 Å². The van der Waals surface area contributed by atoms with Gasteiger partial charge in [-0.05, 0) is 29.9 Å². The summed E-state index contributed by atoms with van der Waals surface area (Å²) in [6.07, 6.45) is 3.16. The Balaban J connectivity index is 2.35. The summed E-state index contributed by atoms with van der Waals surface area (Å²) >= 11 is 0. The summed E-state index contributed by atoms with van der Waals surface area (Å²) in [6.45, 7) is 8.49. The predicted molar refractivity (Wildman–Crippen MR) is 99.1 cm³/mol. The lowest BCUT2D eigenvalue weighted by Crippen LogP contribution is -2.34. The average molecular weight is 327 g/mol. The van der Waals surface area contributed by atoms with Gasteiger partial charge in [-0.25, -0.2) is 0 Å². The predicted octanol–water partition coefficient (Wildman–Crippen LogP) is 3.47. The molecule has 0 bridgehead atoms. The lowest BCUT2D eigenvalue weighted by molar-refractivity contribution is -0.126. The number of hydrogen-bond acceptors (Lipinski definition) is 3. The highest BCUT2D eigenvalue weighted by molar-refractivity contribution is 6.12. The van der Waals surface area contributed by atoms with Gasteiger partial charge in [-0.3, -0.25) is 4.79 Å². The fourth-order valence-electron chi connectivity index (χ4n) is 3.36. The number of nitrogens with one attached hydrogen (secondary N) is 1. The molecule has 1 N–H and O–H groups in total. The molecule has 1 heterocycles. The number of carbonyl (C=O) groups is 1. The zero-order valence-corrected chi connectivity index (χ0v) is 15.3. The van der Waals surface area contributed by atoms with E-state index in [0.717, 1.165) is 25.1 Å². The van der Waals surface area contributed by atoms with E-state index in [2.05, 4.69) is 37.8 Å². The molecule has 1 atom stereocenters. The molecule has 1 aromatic rings. The van der Waals surface area contributed by atoms with Crippen LogP contribution in [-0.2, 0) is 17.8 Å². The van der Waals surface area contributed by atoms with E-state index >= 15 is 0 Å². The van der Waals surface area contributed by atoms with Crippen LogP contribution in [0.2, 0.25) is 0 Å². The molecule has 1 aromatic carbocycles. The summed E-state index contributed by atoms with van der Waals surface area (Å²) in [5.41, 5.74) is 4.03. The summed E-state index contributed by atoms with van der Waals surface area (Å²) in [6, 6.07) is 8.30. The highest BCUT2D eigenvalue weighted by Crippen LogP contribution is 2.25. The largest absolute Gasteiger partial charge is 0.375 e. The normalized spacial score (nSPS) is 17.1. The second-order valence-corrected chi connectivity index (χ2v) is 6.52. The van der Waals surface area contributed by atoms with Gasteiger partial charge in [0.2, 0.25) is 0 Å². The van der Waals surface area contributed by atoms with Gasteiger partial charge in [0, 0.05) is 38.6 Å². The topological polar surface area (TPSA) is 47.4 Å². The summed E-state index contributed by atoms with van der Waals surface area (Å²) < 4.78 is 0. The lowest BCUT2D eigenvalue weighted by atomic mass is 9.98. The van der Waals surface area contributed by atoms with E-state index in [1.54, 1.807) is 0 Å². The monoisotopic (exact) mass is 327 g/mol. The van der Waals surface area contributed by atoms with Crippen molar-refractivity contribution < 1.29 is 4.79 Å². The van der Waals surface area contributed by atoms with Crippen molar-refractivity contribution >= 4 is 12.1 Å². The summed E-state index contributed by atoms with van der Waals surface area (Å²) in [4.78, 5) is 17.1. The fraction of sp³-hybridized carbons (Fsp3) is 0.500. The molecule has 0 spiro atoms. The third-order valence-electron chi connectivity index (χ3n) is 4.99. The average Bonchev–Trinajstić information content (AvgIpc) is 2.72. The summed E-state index contributed by atoms with van der Waals surface area (Å²) in [5.74, 6) is 0.258. The zero-order chi connectivity index (χ0) is 17.7. The highest BCUT2D eigenvalue weighted by atomic mass is 16.2. The van der Waals surface area contributed by atoms with Crippen molar-refractivity contribution in [2.45, 2.75) is 40.2 Å². The van der Waals surface area contributed by atoms with Crippen LogP contribution in [0.5, 0.6) is 0 Å². The quantitative estimate of drug-likeness (QED) is 0.813. The minimum Gasteiger partial charge on any atom is -0.375 e. The second-order valence-electron chi connectivity index (χ2n) is 6.52. The molecule has 0 saturated heterocycles. The Bertz CT molecular complexity index is 636. The van der Waals surface area contributed by atoms with Crippen molar-refractivity contribution in [2.24, 2.45) is 5.92 Å². The van der Waals surface area contributed by atoms with Crippen molar-refractivity contribution in [3.63, 3.8) is 0 Å². The van der Waals surface area contributed by atoms with E-state index in [-0.39, 0.29) is 11.8 Å². The molecule has 4 nitrogen and oxygen atoms in total. The maximum absolute atomic E-state index is 13.0. The maximum atomic E-state index is 13.0. The van der Waals surface area contributed by atoms with Gasteiger partial charge in [0.05, 0.1) is 5.57 Å². The first kappa shape index (κ1) is 18.2. The van der Waals surface area contributed by atoms with Crippen LogP contribution in [0.3, 0.4) is 0 Å². The summed E-state index contributed by atoms with van der Waals surface area (Å²) in [5, 5.41) is 7.80. The van der Waals surface area contributed by atoms with Gasteiger partial charge in [-0.1, -0.05) is 45.0 Å². The molecule has 0 radical (unpaired) electrons. The molecule has 0 saturated carbocycles. The van der Waals surface area contributed by atoms with E-state index < -0.39 is 0 Å². The first-order valence-electron chi connectivity index (χ1n) is 8.85. The first-order valence-corrected chi connectivity index (χ1v) is 8.85. The summed E-state index contributed by atoms with van der Waals surface area (Å²) in [7, 11) is 2.03. The standard InChI is InChI=1S/C20H29N3O/c1-5-15(3)19-18(13-21)20(24)23(12-11-22(19)4)14-17-10-8-7-9-16(17)6-2/h7-10,13,15,21H,5-6,11-12,14H2,1-4H3. The van der Waals surface area contributed by atoms with Crippen LogP contribution >= 0.6 is 0 Å². The Kier molecular flexibility index (Phi) is 6.18. The highest BCUT2D eigenvalue weighted by Gasteiger charge is 2.28. The van der Waals surface area contributed by atoms with Gasteiger partial charge in [0.25, 0.3) is 5.91 Å². The maximum Gasteiger partial charge on any atom is 0.257 e. The molecule has 24 heavy (non-hydrogen) atoms. The molecule has 4 heteroatoms. The number of rotatable bonds is 6. The molecule has 1 aliphatic heterocycles.